The van der Waals surface area contributed by atoms with E-state index in [1.807, 2.05) is 18.3 Å². The van der Waals surface area contributed by atoms with Crippen LogP contribution in [-0.4, -0.2) is 79.9 Å². The Kier molecular flexibility index (Phi) is 8.13. The number of nitrogens with zero attached hydrogens (tertiary/aromatic N) is 7. The first-order valence-electron chi connectivity index (χ1n) is 16.8. The van der Waals surface area contributed by atoms with Crippen molar-refractivity contribution in [2.75, 3.05) is 36.5 Å². The van der Waals surface area contributed by atoms with Crippen LogP contribution < -0.4 is 21.3 Å². The molecule has 5 aromatic rings. The number of aryl methyl sites for hydroxylation is 3. The van der Waals surface area contributed by atoms with E-state index in [2.05, 4.69) is 44.0 Å². The van der Waals surface area contributed by atoms with Crippen LogP contribution in [0.3, 0.4) is 0 Å². The van der Waals surface area contributed by atoms with E-state index in [0.29, 0.717) is 51.7 Å². The standard InChI is InChI=1S/C36H38N8O4S/c1-21-16-43(25-19-48-20-25)22(2)15-42(21)24-8-9-32(38-13-24)40-30-12-23(17-41(3)35(30)46)26-10-11-37-34(29(26)18-45)44-36(47)33-28(14-39-44)27-6-4-5-7-31(27)49-33/h8-14,17-18,21-22,25H,4-7,15-16,19-20H2,1-3H3,(H,38,40). The fourth-order valence-electron chi connectivity index (χ4n) is 7.45. The number of hydrogen-bond acceptors (Lipinski definition) is 11. The molecule has 0 saturated carbocycles. The molecule has 3 aliphatic rings. The van der Waals surface area contributed by atoms with Gasteiger partial charge in [0.25, 0.3) is 11.1 Å². The molecule has 2 aliphatic heterocycles. The summed E-state index contributed by atoms with van der Waals surface area (Å²) in [4.78, 5) is 54.9. The Hall–Kier alpha value is -4.72. The minimum Gasteiger partial charge on any atom is -0.378 e. The van der Waals surface area contributed by atoms with Crippen LogP contribution in [-0.2, 0) is 24.6 Å². The summed E-state index contributed by atoms with van der Waals surface area (Å²) < 4.78 is 8.74. The Labute approximate surface area is 287 Å². The molecule has 2 unspecified atom stereocenters. The number of anilines is 3. The number of hydrogen-bond donors (Lipinski definition) is 1. The zero-order chi connectivity index (χ0) is 33.8. The van der Waals surface area contributed by atoms with Gasteiger partial charge in [-0.3, -0.25) is 19.3 Å². The van der Waals surface area contributed by atoms with Gasteiger partial charge in [-0.05, 0) is 74.9 Å². The zero-order valence-corrected chi connectivity index (χ0v) is 28.6. The van der Waals surface area contributed by atoms with E-state index in [-0.39, 0.29) is 22.5 Å². The molecular formula is C36H38N8O4S. The molecule has 12 nitrogen and oxygen atoms in total. The summed E-state index contributed by atoms with van der Waals surface area (Å²) in [5.74, 6) is 0.675. The second-order valence-corrected chi connectivity index (χ2v) is 14.5. The molecule has 8 rings (SSSR count). The number of thiophene rings is 1. The molecule has 0 aromatic carbocycles. The van der Waals surface area contributed by atoms with Gasteiger partial charge in [-0.2, -0.15) is 9.78 Å². The highest BCUT2D eigenvalue weighted by Crippen LogP contribution is 2.35. The average molecular weight is 679 g/mol. The lowest BCUT2D eigenvalue weighted by atomic mass is 9.97. The van der Waals surface area contributed by atoms with Gasteiger partial charge < -0.3 is 19.5 Å². The van der Waals surface area contributed by atoms with Crippen LogP contribution in [0, 0.1) is 0 Å². The van der Waals surface area contributed by atoms with E-state index in [0.717, 1.165) is 63.1 Å². The number of carbonyl (C=O) groups excluding carboxylic acids is 1. The van der Waals surface area contributed by atoms with E-state index >= 15 is 0 Å². The molecule has 49 heavy (non-hydrogen) atoms. The van der Waals surface area contributed by atoms with Gasteiger partial charge in [0.05, 0.1) is 42.9 Å². The molecule has 5 aromatic heterocycles. The van der Waals surface area contributed by atoms with Gasteiger partial charge in [-0.1, -0.05) is 0 Å². The Morgan fingerprint density at radius 3 is 2.59 bits per heavy atom. The first-order chi connectivity index (χ1) is 23.8. The third-order valence-corrected chi connectivity index (χ3v) is 11.4. The number of nitrogens with one attached hydrogen (secondary N) is 1. The molecule has 252 valence electrons. The highest BCUT2D eigenvalue weighted by molar-refractivity contribution is 7.19. The quantitative estimate of drug-likeness (QED) is 0.249. The Bertz CT molecular complexity index is 2190. The van der Waals surface area contributed by atoms with Gasteiger partial charge in [-0.25, -0.2) is 9.97 Å². The van der Waals surface area contributed by atoms with Crippen molar-refractivity contribution < 1.29 is 9.53 Å². The largest absolute Gasteiger partial charge is 0.378 e. The zero-order valence-electron chi connectivity index (χ0n) is 27.8. The summed E-state index contributed by atoms with van der Waals surface area (Å²) in [6.45, 7) is 7.97. The van der Waals surface area contributed by atoms with Crippen molar-refractivity contribution in [2.45, 2.75) is 57.7 Å². The van der Waals surface area contributed by atoms with E-state index < -0.39 is 0 Å². The summed E-state index contributed by atoms with van der Waals surface area (Å²) in [6, 6.07) is 8.54. The molecule has 0 spiro atoms. The maximum Gasteiger partial charge on any atom is 0.290 e. The Morgan fingerprint density at radius 1 is 1.00 bits per heavy atom. The summed E-state index contributed by atoms with van der Waals surface area (Å²) in [6.07, 6.45) is 11.6. The number of aromatic nitrogens is 5. The average Bonchev–Trinajstić information content (AvgIpc) is 3.47. The highest BCUT2D eigenvalue weighted by atomic mass is 32.1. The SMILES string of the molecule is CC1CN(C2COC2)C(C)CN1c1ccc(Nc2cc(-c3ccnc(-n4ncc5c6c(sc5c4=O)CCCC6)c3C=O)cn(C)c2=O)nc1. The van der Waals surface area contributed by atoms with Gasteiger partial charge in [0.2, 0.25) is 0 Å². The Balaban J connectivity index is 1.08. The Morgan fingerprint density at radius 2 is 1.84 bits per heavy atom. The van der Waals surface area contributed by atoms with Crippen LogP contribution >= 0.6 is 11.3 Å². The van der Waals surface area contributed by atoms with Crippen LogP contribution in [0.25, 0.3) is 27.0 Å². The number of piperazine rings is 1. The van der Waals surface area contributed by atoms with Crippen LogP contribution in [0.4, 0.5) is 17.2 Å². The number of pyridine rings is 3. The molecule has 2 saturated heterocycles. The molecule has 2 atom stereocenters. The lowest BCUT2D eigenvalue weighted by Crippen LogP contribution is -2.63. The van der Waals surface area contributed by atoms with Gasteiger partial charge in [0, 0.05) is 60.4 Å². The van der Waals surface area contributed by atoms with Gasteiger partial charge in [0.1, 0.15) is 16.2 Å². The van der Waals surface area contributed by atoms with Crippen LogP contribution in [0.5, 0.6) is 0 Å². The van der Waals surface area contributed by atoms with Crippen molar-refractivity contribution >= 4 is 44.9 Å². The normalized spacial score (nSPS) is 19.9. The first kappa shape index (κ1) is 31.5. The number of fused-ring (bicyclic) bond motifs is 3. The summed E-state index contributed by atoms with van der Waals surface area (Å²) in [7, 11) is 1.66. The highest BCUT2D eigenvalue weighted by Gasteiger charge is 2.36. The molecule has 0 radical (unpaired) electrons. The third-order valence-electron chi connectivity index (χ3n) is 10.1. The summed E-state index contributed by atoms with van der Waals surface area (Å²) in [5, 5.41) is 8.56. The van der Waals surface area contributed by atoms with Gasteiger partial charge in [-0.15, -0.1) is 11.3 Å². The third kappa shape index (κ3) is 5.55. The number of rotatable bonds is 7. The van der Waals surface area contributed by atoms with Crippen molar-refractivity contribution in [3.63, 3.8) is 0 Å². The number of ether oxygens (including phenoxy) is 1. The predicted octanol–water partition coefficient (Wildman–Crippen LogP) is 4.34. The molecule has 1 N–H and O–H groups in total. The van der Waals surface area contributed by atoms with Gasteiger partial charge in [0.15, 0.2) is 12.1 Å². The molecule has 7 heterocycles. The van der Waals surface area contributed by atoms with E-state index in [1.165, 1.54) is 31.0 Å². The first-order valence-corrected chi connectivity index (χ1v) is 17.6. The minimum absolute atomic E-state index is 0.150. The van der Waals surface area contributed by atoms with Gasteiger partial charge >= 0.3 is 0 Å². The van der Waals surface area contributed by atoms with Crippen LogP contribution in [0.2, 0.25) is 0 Å². The maximum absolute atomic E-state index is 13.7. The van der Waals surface area contributed by atoms with Crippen LogP contribution in [0.15, 0.2) is 58.6 Å². The fraction of sp³-hybridized carbons (Fsp3) is 0.389. The van der Waals surface area contributed by atoms with Crippen molar-refractivity contribution in [3.05, 3.63) is 85.8 Å². The number of aldehydes is 1. The fourth-order valence-corrected chi connectivity index (χ4v) is 8.74. The van der Waals surface area contributed by atoms with Crippen molar-refractivity contribution in [1.29, 1.82) is 0 Å². The lowest BCUT2D eigenvalue weighted by Gasteiger charge is -2.50. The topological polar surface area (TPSA) is 127 Å². The molecule has 1 aliphatic carbocycles. The summed E-state index contributed by atoms with van der Waals surface area (Å²) >= 11 is 1.52. The molecule has 13 heteroatoms. The van der Waals surface area contributed by atoms with Crippen molar-refractivity contribution in [1.82, 2.24) is 29.2 Å². The number of carbonyl (C=O) groups is 1. The molecule has 2 fully saturated rings. The van der Waals surface area contributed by atoms with Crippen molar-refractivity contribution in [3.8, 4) is 16.9 Å². The second kappa shape index (κ2) is 12.6. The van der Waals surface area contributed by atoms with E-state index in [1.54, 1.807) is 37.8 Å². The molecule has 0 bridgehead atoms. The monoisotopic (exact) mass is 678 g/mol. The second-order valence-electron chi connectivity index (χ2n) is 13.4. The van der Waals surface area contributed by atoms with Crippen molar-refractivity contribution in [2.24, 2.45) is 7.05 Å². The van der Waals surface area contributed by atoms with E-state index in [4.69, 9.17) is 4.74 Å². The smallest absolute Gasteiger partial charge is 0.290 e. The van der Waals surface area contributed by atoms with E-state index in [9.17, 15) is 14.4 Å². The maximum atomic E-state index is 13.7. The predicted molar refractivity (Wildman–Crippen MR) is 191 cm³/mol. The van der Waals surface area contributed by atoms with Crippen LogP contribution in [0.1, 0.15) is 47.5 Å². The molecule has 0 amide bonds. The summed E-state index contributed by atoms with van der Waals surface area (Å²) in [5.41, 5.74) is 3.34. The lowest BCUT2D eigenvalue weighted by molar-refractivity contribution is -0.0828. The molecular weight excluding hydrogens is 641 g/mol. The minimum atomic E-state index is -0.291.